The molecular formula is C11H12N6O. The van der Waals surface area contributed by atoms with E-state index in [0.717, 1.165) is 5.56 Å². The molecule has 0 aliphatic heterocycles. The number of nitrogens with one attached hydrogen (secondary N) is 1. The van der Waals surface area contributed by atoms with Crippen LogP contribution < -0.4 is 11.5 Å². The van der Waals surface area contributed by atoms with Gasteiger partial charge in [-0.1, -0.05) is 12.1 Å². The van der Waals surface area contributed by atoms with Gasteiger partial charge in [-0.2, -0.15) is 14.7 Å². The number of anilines is 1. The first kappa shape index (κ1) is 10.8. The standard InChI is InChI=1S/C11H12N6O/c12-7-4-2-1-3-6(7)11-15-14-9-5-8(10(13)18)16-17(9)11/h1-5,10,14,18H,12-13H2. The minimum atomic E-state index is -1.11. The van der Waals surface area contributed by atoms with E-state index < -0.39 is 6.23 Å². The van der Waals surface area contributed by atoms with Gasteiger partial charge in [0, 0.05) is 17.3 Å². The van der Waals surface area contributed by atoms with Gasteiger partial charge in [0.2, 0.25) is 0 Å². The van der Waals surface area contributed by atoms with Gasteiger partial charge in [0.25, 0.3) is 0 Å². The lowest BCUT2D eigenvalue weighted by atomic mass is 10.2. The summed E-state index contributed by atoms with van der Waals surface area (Å²) in [6.45, 7) is 0. The van der Waals surface area contributed by atoms with Gasteiger partial charge in [-0.15, -0.1) is 0 Å². The quantitative estimate of drug-likeness (QED) is 0.381. The van der Waals surface area contributed by atoms with E-state index in [4.69, 9.17) is 11.5 Å². The second-order valence-electron chi connectivity index (χ2n) is 3.95. The molecule has 1 unspecified atom stereocenters. The van der Waals surface area contributed by atoms with Crippen molar-refractivity contribution in [3.8, 4) is 11.4 Å². The Hall–Kier alpha value is -2.38. The SMILES string of the molecule is Nc1ccccc1-c1n[nH]c2cc(C(N)O)nn12. The maximum absolute atomic E-state index is 9.30. The van der Waals surface area contributed by atoms with Gasteiger partial charge in [-0.3, -0.25) is 5.10 Å². The number of nitrogens with two attached hydrogens (primary N) is 2. The van der Waals surface area contributed by atoms with E-state index >= 15 is 0 Å². The van der Waals surface area contributed by atoms with E-state index in [0.29, 0.717) is 22.9 Å². The molecule has 3 aromatic rings. The number of fused-ring (bicyclic) bond motifs is 1. The molecule has 7 heteroatoms. The van der Waals surface area contributed by atoms with Crippen LogP contribution in [0, 0.1) is 0 Å². The zero-order chi connectivity index (χ0) is 12.7. The topological polar surface area (TPSA) is 118 Å². The van der Waals surface area contributed by atoms with Gasteiger partial charge >= 0.3 is 0 Å². The molecule has 6 N–H and O–H groups in total. The van der Waals surface area contributed by atoms with Crippen molar-refractivity contribution in [1.82, 2.24) is 19.8 Å². The summed E-state index contributed by atoms with van der Waals surface area (Å²) in [7, 11) is 0. The van der Waals surface area contributed by atoms with Crippen LogP contribution in [0.3, 0.4) is 0 Å². The minimum Gasteiger partial charge on any atom is -0.398 e. The van der Waals surface area contributed by atoms with Crippen molar-refractivity contribution >= 4 is 11.3 Å². The molecule has 2 aromatic heterocycles. The van der Waals surface area contributed by atoms with E-state index in [1.807, 2.05) is 18.2 Å². The van der Waals surface area contributed by atoms with Crippen LogP contribution in [-0.2, 0) is 0 Å². The van der Waals surface area contributed by atoms with E-state index in [9.17, 15) is 5.11 Å². The Labute approximate surface area is 102 Å². The average Bonchev–Trinajstić information content (AvgIpc) is 2.89. The number of aliphatic hydroxyl groups is 1. The molecule has 18 heavy (non-hydrogen) atoms. The van der Waals surface area contributed by atoms with Crippen LogP contribution in [0.15, 0.2) is 30.3 Å². The molecule has 92 valence electrons. The summed E-state index contributed by atoms with van der Waals surface area (Å²) >= 11 is 0. The number of hydrogen-bond acceptors (Lipinski definition) is 5. The minimum absolute atomic E-state index is 0.374. The highest BCUT2D eigenvalue weighted by atomic mass is 16.3. The zero-order valence-electron chi connectivity index (χ0n) is 9.41. The first-order valence-corrected chi connectivity index (χ1v) is 5.39. The van der Waals surface area contributed by atoms with Crippen molar-refractivity contribution in [3.63, 3.8) is 0 Å². The molecular weight excluding hydrogens is 232 g/mol. The van der Waals surface area contributed by atoms with Crippen LogP contribution in [0.1, 0.15) is 11.9 Å². The van der Waals surface area contributed by atoms with Gasteiger partial charge in [-0.05, 0) is 12.1 Å². The van der Waals surface area contributed by atoms with Gasteiger partial charge in [-0.25, -0.2) is 0 Å². The number of aliphatic hydroxyl groups excluding tert-OH is 1. The molecule has 0 aliphatic rings. The molecule has 1 aromatic carbocycles. The van der Waals surface area contributed by atoms with E-state index in [1.165, 1.54) is 0 Å². The van der Waals surface area contributed by atoms with E-state index in [2.05, 4.69) is 15.3 Å². The van der Waals surface area contributed by atoms with Crippen molar-refractivity contribution in [2.24, 2.45) is 5.73 Å². The number of H-pyrrole nitrogens is 1. The number of para-hydroxylation sites is 1. The molecule has 0 saturated heterocycles. The largest absolute Gasteiger partial charge is 0.398 e. The monoisotopic (exact) mass is 244 g/mol. The normalized spacial score (nSPS) is 13.0. The second-order valence-corrected chi connectivity index (χ2v) is 3.95. The van der Waals surface area contributed by atoms with Crippen molar-refractivity contribution in [2.75, 3.05) is 5.73 Å². The molecule has 1 atom stereocenters. The summed E-state index contributed by atoms with van der Waals surface area (Å²) in [6, 6.07) is 9.00. The maximum Gasteiger partial charge on any atom is 0.185 e. The zero-order valence-corrected chi connectivity index (χ0v) is 9.41. The Balaban J connectivity index is 2.21. The van der Waals surface area contributed by atoms with E-state index in [1.54, 1.807) is 16.6 Å². The fraction of sp³-hybridized carbons (Fsp3) is 0.0909. The number of benzene rings is 1. The highest BCUT2D eigenvalue weighted by Crippen LogP contribution is 2.24. The number of nitrogens with zero attached hydrogens (tertiary/aromatic N) is 3. The van der Waals surface area contributed by atoms with Gasteiger partial charge in [0.15, 0.2) is 11.5 Å². The third-order valence-electron chi connectivity index (χ3n) is 2.71. The van der Waals surface area contributed by atoms with Crippen molar-refractivity contribution < 1.29 is 5.11 Å². The average molecular weight is 244 g/mol. The van der Waals surface area contributed by atoms with Crippen LogP contribution in [0.25, 0.3) is 17.0 Å². The van der Waals surface area contributed by atoms with Gasteiger partial charge < -0.3 is 16.6 Å². The smallest absolute Gasteiger partial charge is 0.185 e. The Morgan fingerprint density at radius 1 is 1.33 bits per heavy atom. The molecule has 0 amide bonds. The predicted molar refractivity (Wildman–Crippen MR) is 66.3 cm³/mol. The Morgan fingerprint density at radius 3 is 2.83 bits per heavy atom. The fourth-order valence-corrected chi connectivity index (χ4v) is 1.82. The van der Waals surface area contributed by atoms with Crippen molar-refractivity contribution in [3.05, 3.63) is 36.0 Å². The lowest BCUT2D eigenvalue weighted by Gasteiger charge is -2.01. The number of rotatable bonds is 2. The lowest BCUT2D eigenvalue weighted by molar-refractivity contribution is 0.181. The molecule has 0 aliphatic carbocycles. The fourth-order valence-electron chi connectivity index (χ4n) is 1.82. The van der Waals surface area contributed by atoms with Crippen LogP contribution in [0.4, 0.5) is 5.69 Å². The van der Waals surface area contributed by atoms with Crippen LogP contribution in [-0.4, -0.2) is 24.9 Å². The number of hydrogen-bond donors (Lipinski definition) is 4. The number of aromatic amines is 1. The summed E-state index contributed by atoms with van der Waals surface area (Å²) in [5.41, 5.74) is 13.7. The number of aromatic nitrogens is 4. The predicted octanol–water partition coefficient (Wildman–Crippen LogP) is 0.256. The number of nitrogen functional groups attached to an aromatic ring is 1. The molecule has 2 heterocycles. The third-order valence-corrected chi connectivity index (χ3v) is 2.71. The first-order chi connectivity index (χ1) is 8.66. The maximum atomic E-state index is 9.30. The summed E-state index contributed by atoms with van der Waals surface area (Å²) < 4.78 is 1.57. The van der Waals surface area contributed by atoms with Gasteiger partial charge in [0.05, 0.1) is 0 Å². The Bertz CT molecular complexity index is 698. The third kappa shape index (κ3) is 1.53. The molecule has 0 fully saturated rings. The molecule has 3 rings (SSSR count). The van der Waals surface area contributed by atoms with Crippen molar-refractivity contribution in [2.45, 2.75) is 6.23 Å². The molecule has 0 spiro atoms. The van der Waals surface area contributed by atoms with Crippen molar-refractivity contribution in [1.29, 1.82) is 0 Å². The van der Waals surface area contributed by atoms with E-state index in [-0.39, 0.29) is 0 Å². The lowest BCUT2D eigenvalue weighted by Crippen LogP contribution is -2.09. The first-order valence-electron chi connectivity index (χ1n) is 5.39. The van der Waals surface area contributed by atoms with Gasteiger partial charge in [0.1, 0.15) is 11.9 Å². The molecule has 7 nitrogen and oxygen atoms in total. The molecule has 0 bridgehead atoms. The van der Waals surface area contributed by atoms with Crippen LogP contribution in [0.5, 0.6) is 0 Å². The highest BCUT2D eigenvalue weighted by molar-refractivity contribution is 5.72. The Kier molecular flexibility index (Phi) is 2.29. The summed E-state index contributed by atoms with van der Waals surface area (Å²) in [5.74, 6) is 0.579. The highest BCUT2D eigenvalue weighted by Gasteiger charge is 2.14. The summed E-state index contributed by atoms with van der Waals surface area (Å²) in [5, 5.41) is 20.5. The summed E-state index contributed by atoms with van der Waals surface area (Å²) in [4.78, 5) is 0. The summed E-state index contributed by atoms with van der Waals surface area (Å²) in [6.07, 6.45) is -1.11. The second kappa shape index (κ2) is 3.83. The van der Waals surface area contributed by atoms with Crippen LogP contribution in [0.2, 0.25) is 0 Å². The Morgan fingerprint density at radius 2 is 2.11 bits per heavy atom. The molecule has 0 saturated carbocycles. The molecule has 0 radical (unpaired) electrons. The van der Waals surface area contributed by atoms with Crippen LogP contribution >= 0.6 is 0 Å².